The largest absolute Gasteiger partial charge is 0.232 e. The monoisotopic (exact) mass is 282 g/mol. The summed E-state index contributed by atoms with van der Waals surface area (Å²) in [5.74, 6) is 0. The topological polar surface area (TPSA) is 54.0 Å². The highest BCUT2D eigenvalue weighted by molar-refractivity contribution is 6.32. The van der Waals surface area contributed by atoms with Gasteiger partial charge in [0.25, 0.3) is 0 Å². The molecule has 98 valence electrons. The van der Waals surface area contributed by atoms with Crippen molar-refractivity contribution in [1.29, 1.82) is 5.26 Å². The predicted molar refractivity (Wildman–Crippen MR) is 77.6 cm³/mol. The van der Waals surface area contributed by atoms with Crippen LogP contribution in [-0.4, -0.2) is 14.6 Å². The van der Waals surface area contributed by atoms with E-state index >= 15 is 0 Å². The summed E-state index contributed by atoms with van der Waals surface area (Å²) in [6.45, 7) is 3.67. The lowest BCUT2D eigenvalue weighted by Crippen LogP contribution is -1.99. The maximum Gasteiger partial charge on any atom is 0.175 e. The Labute approximate surface area is 121 Å². The Balaban J connectivity index is 2.40. The van der Waals surface area contributed by atoms with E-state index < -0.39 is 0 Å². The minimum atomic E-state index is 0.467. The first kappa shape index (κ1) is 12.6. The highest BCUT2D eigenvalue weighted by Gasteiger charge is 2.18. The van der Waals surface area contributed by atoms with E-state index in [0.29, 0.717) is 22.1 Å². The molecule has 0 spiro atoms. The van der Waals surface area contributed by atoms with E-state index in [9.17, 15) is 5.26 Å². The first-order valence-electron chi connectivity index (χ1n) is 6.14. The lowest BCUT2D eigenvalue weighted by molar-refractivity contribution is 0.912. The van der Waals surface area contributed by atoms with Crippen LogP contribution in [-0.2, 0) is 0 Å². The normalized spacial score (nSPS) is 10.7. The summed E-state index contributed by atoms with van der Waals surface area (Å²) in [5, 5.41) is 14.0. The van der Waals surface area contributed by atoms with Crippen molar-refractivity contribution in [3.63, 3.8) is 0 Å². The molecule has 0 unspecified atom stereocenters. The molecule has 2 aromatic heterocycles. The average molecular weight is 283 g/mol. The Hall–Kier alpha value is -2.38. The summed E-state index contributed by atoms with van der Waals surface area (Å²) in [7, 11) is 0. The molecule has 0 fully saturated rings. The van der Waals surface area contributed by atoms with E-state index in [-0.39, 0.29) is 0 Å². The molecule has 1 aromatic carbocycles. The van der Waals surface area contributed by atoms with Gasteiger partial charge in [-0.2, -0.15) is 10.4 Å². The molecule has 0 aliphatic rings. The summed E-state index contributed by atoms with van der Waals surface area (Å²) in [4.78, 5) is 4.50. The van der Waals surface area contributed by atoms with Gasteiger partial charge in [-0.3, -0.25) is 0 Å². The maximum absolute atomic E-state index is 9.19. The van der Waals surface area contributed by atoms with Crippen LogP contribution in [0.25, 0.3) is 16.8 Å². The van der Waals surface area contributed by atoms with Crippen molar-refractivity contribution in [2.24, 2.45) is 0 Å². The molecule has 0 atom stereocenters. The van der Waals surface area contributed by atoms with Crippen LogP contribution in [0.5, 0.6) is 0 Å². The highest BCUT2D eigenvalue weighted by atomic mass is 35.5. The fraction of sp³-hybridized carbons (Fsp3) is 0.133. The second kappa shape index (κ2) is 4.62. The third kappa shape index (κ3) is 1.75. The maximum atomic E-state index is 9.19. The second-order valence-electron chi connectivity index (χ2n) is 4.54. The summed E-state index contributed by atoms with van der Waals surface area (Å²) < 4.78 is 1.53. The predicted octanol–water partition coefficient (Wildman–Crippen LogP) is 3.54. The molecule has 20 heavy (non-hydrogen) atoms. The number of hydrogen-bond donors (Lipinski definition) is 0. The Morgan fingerprint density at radius 3 is 2.50 bits per heavy atom. The molecule has 0 amide bonds. The first-order chi connectivity index (χ1) is 9.63. The molecule has 0 N–H and O–H groups in total. The van der Waals surface area contributed by atoms with Gasteiger partial charge in [-0.15, -0.1) is 0 Å². The van der Waals surface area contributed by atoms with Crippen LogP contribution in [0.3, 0.4) is 0 Å². The lowest BCUT2D eigenvalue weighted by atomic mass is 10.1. The van der Waals surface area contributed by atoms with Gasteiger partial charge in [0.05, 0.1) is 11.4 Å². The Bertz CT molecular complexity index is 844. The fourth-order valence-corrected chi connectivity index (χ4v) is 2.65. The van der Waals surface area contributed by atoms with Crippen LogP contribution in [0.4, 0.5) is 0 Å². The van der Waals surface area contributed by atoms with Gasteiger partial charge in [0.15, 0.2) is 5.65 Å². The van der Waals surface area contributed by atoms with Crippen LogP contribution in [0.2, 0.25) is 5.15 Å². The summed E-state index contributed by atoms with van der Waals surface area (Å²) >= 11 is 6.47. The van der Waals surface area contributed by atoms with Gasteiger partial charge in [-0.1, -0.05) is 41.9 Å². The number of nitriles is 1. The molecule has 0 aliphatic carbocycles. The molecule has 0 aliphatic heterocycles. The molecule has 2 heterocycles. The lowest BCUT2D eigenvalue weighted by Gasteiger charge is -2.09. The zero-order chi connectivity index (χ0) is 14.3. The van der Waals surface area contributed by atoms with Gasteiger partial charge < -0.3 is 0 Å². The molecular weight excluding hydrogens is 272 g/mol. The van der Waals surface area contributed by atoms with Crippen molar-refractivity contribution in [3.8, 4) is 17.2 Å². The number of halogens is 1. The van der Waals surface area contributed by atoms with Gasteiger partial charge in [0, 0.05) is 5.56 Å². The van der Waals surface area contributed by atoms with Crippen molar-refractivity contribution in [2.45, 2.75) is 13.8 Å². The van der Waals surface area contributed by atoms with Crippen molar-refractivity contribution in [2.75, 3.05) is 0 Å². The fourth-order valence-electron chi connectivity index (χ4n) is 2.29. The van der Waals surface area contributed by atoms with Gasteiger partial charge in [0.1, 0.15) is 16.8 Å². The molecule has 4 nitrogen and oxygen atoms in total. The molecule has 0 radical (unpaired) electrons. The molecule has 0 saturated heterocycles. The van der Waals surface area contributed by atoms with Gasteiger partial charge in [0.2, 0.25) is 0 Å². The number of aromatic nitrogens is 3. The SMILES string of the molecule is Cc1nc2c(C#N)c(C)nn2c(Cl)c1-c1ccccc1. The minimum absolute atomic E-state index is 0.467. The van der Waals surface area contributed by atoms with E-state index in [1.54, 1.807) is 6.92 Å². The average Bonchev–Trinajstić information content (AvgIpc) is 2.76. The van der Waals surface area contributed by atoms with Gasteiger partial charge in [-0.25, -0.2) is 9.50 Å². The number of rotatable bonds is 1. The number of aryl methyl sites for hydroxylation is 2. The third-order valence-corrected chi connectivity index (χ3v) is 3.59. The van der Waals surface area contributed by atoms with Crippen LogP contribution >= 0.6 is 11.6 Å². The summed E-state index contributed by atoms with van der Waals surface area (Å²) in [6, 6.07) is 11.9. The van der Waals surface area contributed by atoms with E-state index in [1.165, 1.54) is 4.52 Å². The van der Waals surface area contributed by atoms with Crippen molar-refractivity contribution in [3.05, 3.63) is 52.4 Å². The standard InChI is InChI=1S/C15H11ClN4/c1-9-12(8-17)15-18-10(2)13(14(16)20(15)19-9)11-6-4-3-5-7-11/h3-7H,1-2H3. The van der Waals surface area contributed by atoms with Crippen LogP contribution < -0.4 is 0 Å². The summed E-state index contributed by atoms with van der Waals surface area (Å²) in [5.41, 5.74) is 4.21. The number of nitrogens with zero attached hydrogens (tertiary/aromatic N) is 4. The van der Waals surface area contributed by atoms with Crippen molar-refractivity contribution in [1.82, 2.24) is 14.6 Å². The third-order valence-electron chi connectivity index (χ3n) is 3.24. The highest BCUT2D eigenvalue weighted by Crippen LogP contribution is 2.31. The van der Waals surface area contributed by atoms with E-state index in [1.807, 2.05) is 37.3 Å². The summed E-state index contributed by atoms with van der Waals surface area (Å²) in [6.07, 6.45) is 0. The smallest absolute Gasteiger partial charge is 0.175 e. The number of hydrogen-bond acceptors (Lipinski definition) is 3. The quantitative estimate of drug-likeness (QED) is 0.642. The molecular formula is C15H11ClN4. The Morgan fingerprint density at radius 2 is 1.85 bits per heavy atom. The van der Waals surface area contributed by atoms with Crippen LogP contribution in [0.15, 0.2) is 30.3 Å². The minimum Gasteiger partial charge on any atom is -0.232 e. The van der Waals surface area contributed by atoms with Gasteiger partial charge >= 0.3 is 0 Å². The zero-order valence-corrected chi connectivity index (χ0v) is 11.8. The van der Waals surface area contributed by atoms with Crippen molar-refractivity contribution < 1.29 is 0 Å². The zero-order valence-electron chi connectivity index (χ0n) is 11.1. The van der Waals surface area contributed by atoms with Crippen molar-refractivity contribution >= 4 is 17.2 Å². The van der Waals surface area contributed by atoms with E-state index in [4.69, 9.17) is 11.6 Å². The first-order valence-corrected chi connectivity index (χ1v) is 6.52. The number of fused-ring (bicyclic) bond motifs is 1. The molecule has 0 bridgehead atoms. The van der Waals surface area contributed by atoms with Crippen LogP contribution in [0.1, 0.15) is 17.0 Å². The number of benzene rings is 1. The van der Waals surface area contributed by atoms with E-state index in [0.717, 1.165) is 16.8 Å². The Morgan fingerprint density at radius 1 is 1.15 bits per heavy atom. The molecule has 3 aromatic rings. The van der Waals surface area contributed by atoms with Gasteiger partial charge in [-0.05, 0) is 19.4 Å². The van der Waals surface area contributed by atoms with Crippen LogP contribution in [0, 0.1) is 25.2 Å². The molecule has 0 saturated carbocycles. The van der Waals surface area contributed by atoms with E-state index in [2.05, 4.69) is 16.2 Å². The second-order valence-corrected chi connectivity index (χ2v) is 4.89. The molecule has 3 rings (SSSR count). The Kier molecular flexibility index (Phi) is 2.92. The molecule has 5 heteroatoms.